The summed E-state index contributed by atoms with van der Waals surface area (Å²) in [5.41, 5.74) is 0.818. The number of esters is 1. The molecule has 1 aromatic rings. The summed E-state index contributed by atoms with van der Waals surface area (Å²) in [5, 5.41) is 8.99. The van der Waals surface area contributed by atoms with E-state index in [0.29, 0.717) is 18.9 Å². The number of amides is 1. The second-order valence-corrected chi connectivity index (χ2v) is 4.33. The van der Waals surface area contributed by atoms with E-state index in [0.717, 1.165) is 5.69 Å². The van der Waals surface area contributed by atoms with Crippen LogP contribution in [0.15, 0.2) is 6.20 Å². The lowest BCUT2D eigenvalue weighted by Gasteiger charge is -2.31. The molecule has 98 valence electrons. The highest BCUT2D eigenvalue weighted by Crippen LogP contribution is 2.23. The highest BCUT2D eigenvalue weighted by Gasteiger charge is 2.27. The summed E-state index contributed by atoms with van der Waals surface area (Å²) in [6, 6.07) is -0.0158. The van der Waals surface area contributed by atoms with Gasteiger partial charge in [-0.3, -0.25) is 4.79 Å². The average molecular weight is 253 g/mol. The van der Waals surface area contributed by atoms with Crippen LogP contribution in [0, 0.1) is 0 Å². The van der Waals surface area contributed by atoms with Crippen LogP contribution in [-0.4, -0.2) is 38.2 Å². The number of carbonyl (C=O) groups excluding carboxylic acids is 1. The number of carbonyl (C=O) groups is 2. The Morgan fingerprint density at radius 3 is 2.94 bits per heavy atom. The summed E-state index contributed by atoms with van der Waals surface area (Å²) in [5.74, 6) is 0.292. The van der Waals surface area contributed by atoms with Crippen LogP contribution >= 0.6 is 0 Å². The SMILES string of the molecule is CC(=O)OCc1ncc2n1C(C)CN(C(=O)O)C2. The maximum atomic E-state index is 11.0. The van der Waals surface area contributed by atoms with Crippen molar-refractivity contribution in [1.82, 2.24) is 14.5 Å². The zero-order valence-corrected chi connectivity index (χ0v) is 10.3. The molecule has 0 bridgehead atoms. The van der Waals surface area contributed by atoms with Gasteiger partial charge in [-0.25, -0.2) is 9.78 Å². The first-order chi connectivity index (χ1) is 8.49. The second-order valence-electron chi connectivity index (χ2n) is 4.33. The van der Waals surface area contributed by atoms with Crippen LogP contribution in [0.1, 0.15) is 31.4 Å². The molecule has 0 fully saturated rings. The zero-order chi connectivity index (χ0) is 13.3. The van der Waals surface area contributed by atoms with E-state index in [4.69, 9.17) is 9.84 Å². The number of imidazole rings is 1. The first-order valence-electron chi connectivity index (χ1n) is 5.65. The summed E-state index contributed by atoms with van der Waals surface area (Å²) >= 11 is 0. The zero-order valence-electron chi connectivity index (χ0n) is 10.3. The molecule has 0 spiro atoms. The molecule has 0 saturated heterocycles. The van der Waals surface area contributed by atoms with E-state index in [2.05, 4.69) is 4.98 Å². The van der Waals surface area contributed by atoms with Crippen molar-refractivity contribution in [3.05, 3.63) is 17.7 Å². The molecule has 18 heavy (non-hydrogen) atoms. The molecule has 0 radical (unpaired) electrons. The first kappa shape index (κ1) is 12.4. The van der Waals surface area contributed by atoms with Crippen molar-refractivity contribution in [2.75, 3.05) is 6.54 Å². The van der Waals surface area contributed by atoms with Gasteiger partial charge in [-0.05, 0) is 6.92 Å². The van der Waals surface area contributed by atoms with Crippen molar-refractivity contribution >= 4 is 12.1 Å². The fourth-order valence-corrected chi connectivity index (χ4v) is 2.17. The molecule has 1 amide bonds. The fourth-order valence-electron chi connectivity index (χ4n) is 2.17. The fraction of sp³-hybridized carbons (Fsp3) is 0.545. The second kappa shape index (κ2) is 4.67. The third-order valence-corrected chi connectivity index (χ3v) is 2.90. The molecule has 0 aromatic carbocycles. The Kier molecular flexibility index (Phi) is 3.22. The smallest absolute Gasteiger partial charge is 0.407 e. The molecule has 0 saturated carbocycles. The van der Waals surface area contributed by atoms with Crippen LogP contribution < -0.4 is 0 Å². The van der Waals surface area contributed by atoms with Crippen molar-refractivity contribution in [1.29, 1.82) is 0 Å². The monoisotopic (exact) mass is 253 g/mol. The molecule has 7 nitrogen and oxygen atoms in total. The highest BCUT2D eigenvalue weighted by atomic mass is 16.5. The van der Waals surface area contributed by atoms with Gasteiger partial charge in [0.15, 0.2) is 0 Å². The Labute approximate surface area is 104 Å². The van der Waals surface area contributed by atoms with Crippen LogP contribution in [-0.2, 0) is 22.7 Å². The Balaban J connectivity index is 2.20. The largest absolute Gasteiger partial charge is 0.465 e. The third-order valence-electron chi connectivity index (χ3n) is 2.90. The minimum absolute atomic E-state index is 0.0158. The lowest BCUT2D eigenvalue weighted by atomic mass is 10.2. The summed E-state index contributed by atoms with van der Waals surface area (Å²) in [4.78, 5) is 27.3. The number of ether oxygens (including phenoxy) is 1. The van der Waals surface area contributed by atoms with Crippen LogP contribution in [0.5, 0.6) is 0 Å². The Hall–Kier alpha value is -2.05. The summed E-state index contributed by atoms with van der Waals surface area (Å²) in [6.45, 7) is 4.10. The Bertz CT molecular complexity index is 469. The van der Waals surface area contributed by atoms with Crippen molar-refractivity contribution in [2.45, 2.75) is 33.0 Å². The molecule has 1 atom stereocenters. The lowest BCUT2D eigenvalue weighted by molar-refractivity contribution is -0.142. The van der Waals surface area contributed by atoms with Crippen molar-refractivity contribution < 1.29 is 19.4 Å². The third kappa shape index (κ3) is 2.29. The van der Waals surface area contributed by atoms with Crippen LogP contribution in [0.25, 0.3) is 0 Å². The van der Waals surface area contributed by atoms with Gasteiger partial charge in [-0.1, -0.05) is 0 Å². The average Bonchev–Trinajstić information content (AvgIpc) is 2.69. The molecule has 1 aliphatic heterocycles. The van der Waals surface area contributed by atoms with E-state index in [1.807, 2.05) is 11.5 Å². The van der Waals surface area contributed by atoms with E-state index in [1.165, 1.54) is 11.8 Å². The molecular weight excluding hydrogens is 238 g/mol. The Morgan fingerprint density at radius 2 is 2.33 bits per heavy atom. The van der Waals surface area contributed by atoms with Crippen LogP contribution in [0.3, 0.4) is 0 Å². The van der Waals surface area contributed by atoms with Gasteiger partial charge < -0.3 is 19.3 Å². The lowest BCUT2D eigenvalue weighted by Crippen LogP contribution is -2.39. The topological polar surface area (TPSA) is 84.7 Å². The van der Waals surface area contributed by atoms with Gasteiger partial charge in [0.25, 0.3) is 0 Å². The maximum absolute atomic E-state index is 11.0. The standard InChI is InChI=1S/C11H15N3O4/c1-7-4-13(11(16)17)5-9-3-12-10(14(7)9)6-18-8(2)15/h3,7H,4-6H2,1-2H3,(H,16,17). The number of hydrogen-bond acceptors (Lipinski definition) is 4. The number of nitrogens with zero attached hydrogens (tertiary/aromatic N) is 3. The maximum Gasteiger partial charge on any atom is 0.407 e. The molecule has 2 heterocycles. The van der Waals surface area contributed by atoms with Gasteiger partial charge in [0.2, 0.25) is 0 Å². The van der Waals surface area contributed by atoms with E-state index >= 15 is 0 Å². The Morgan fingerprint density at radius 1 is 1.61 bits per heavy atom. The molecule has 0 aliphatic carbocycles. The summed E-state index contributed by atoms with van der Waals surface area (Å²) < 4.78 is 6.86. The van der Waals surface area contributed by atoms with Crippen molar-refractivity contribution in [3.8, 4) is 0 Å². The molecule has 1 aliphatic rings. The van der Waals surface area contributed by atoms with Gasteiger partial charge in [-0.15, -0.1) is 0 Å². The number of fused-ring (bicyclic) bond motifs is 1. The minimum atomic E-state index is -0.934. The van der Waals surface area contributed by atoms with Crippen LogP contribution in [0.2, 0.25) is 0 Å². The number of aromatic nitrogens is 2. The van der Waals surface area contributed by atoms with Gasteiger partial charge in [-0.2, -0.15) is 0 Å². The van der Waals surface area contributed by atoms with Gasteiger partial charge in [0, 0.05) is 13.5 Å². The van der Waals surface area contributed by atoms with Gasteiger partial charge >= 0.3 is 12.1 Å². The predicted molar refractivity (Wildman–Crippen MR) is 60.8 cm³/mol. The number of rotatable bonds is 2. The molecule has 7 heteroatoms. The van der Waals surface area contributed by atoms with E-state index in [9.17, 15) is 9.59 Å². The van der Waals surface area contributed by atoms with E-state index in [1.54, 1.807) is 6.20 Å². The predicted octanol–water partition coefficient (Wildman–Crippen LogP) is 1.00. The molecule has 1 aromatic heterocycles. The molecular formula is C11H15N3O4. The summed E-state index contributed by atoms with van der Waals surface area (Å²) in [7, 11) is 0. The van der Waals surface area contributed by atoms with E-state index in [-0.39, 0.29) is 18.6 Å². The highest BCUT2D eigenvalue weighted by molar-refractivity contribution is 5.66. The number of carboxylic acid groups (broad SMARTS) is 1. The van der Waals surface area contributed by atoms with Crippen molar-refractivity contribution in [2.24, 2.45) is 0 Å². The molecule has 2 rings (SSSR count). The quantitative estimate of drug-likeness (QED) is 0.795. The van der Waals surface area contributed by atoms with Gasteiger partial charge in [0.1, 0.15) is 12.4 Å². The van der Waals surface area contributed by atoms with Crippen molar-refractivity contribution in [3.63, 3.8) is 0 Å². The van der Waals surface area contributed by atoms with E-state index < -0.39 is 6.09 Å². The van der Waals surface area contributed by atoms with Crippen LogP contribution in [0.4, 0.5) is 4.79 Å². The van der Waals surface area contributed by atoms with Gasteiger partial charge in [0.05, 0.1) is 24.5 Å². The summed E-state index contributed by atoms with van der Waals surface area (Å²) in [6.07, 6.45) is 0.695. The first-order valence-corrected chi connectivity index (χ1v) is 5.65. The molecule has 1 unspecified atom stereocenters. The minimum Gasteiger partial charge on any atom is -0.465 e. The molecule has 1 N–H and O–H groups in total. The number of hydrogen-bond donors (Lipinski definition) is 1. The normalized spacial score (nSPS) is 18.3.